The van der Waals surface area contributed by atoms with Crippen LogP contribution in [0.4, 0.5) is 0 Å². The Balaban J connectivity index is 1.82. The Morgan fingerprint density at radius 2 is 1.44 bits per heavy atom. The van der Waals surface area contributed by atoms with Crippen LogP contribution in [0.15, 0.2) is 85.4 Å². The van der Waals surface area contributed by atoms with Gasteiger partial charge >= 0.3 is 5.97 Å². The van der Waals surface area contributed by atoms with Crippen molar-refractivity contribution < 1.29 is 14.6 Å². The minimum absolute atomic E-state index is 0.255. The number of carbonyl (C=O) groups is 1. The molecule has 0 spiro atoms. The Bertz CT molecular complexity index is 881. The number of ether oxygens (including phenoxy) is 1. The van der Waals surface area contributed by atoms with E-state index in [9.17, 15) is 4.79 Å². The summed E-state index contributed by atoms with van der Waals surface area (Å²) >= 11 is 0. The van der Waals surface area contributed by atoms with Gasteiger partial charge in [-0.25, -0.2) is 4.79 Å². The fraction of sp³-hybridized carbons (Fsp3) is 0.0455. The molecule has 0 amide bonds. The molecule has 0 aliphatic heterocycles. The van der Waals surface area contributed by atoms with Gasteiger partial charge in [0.25, 0.3) is 0 Å². The zero-order valence-electron chi connectivity index (χ0n) is 13.7. The number of carboxylic acid groups (broad SMARTS) is 1. The molecule has 3 aromatic carbocycles. The first kappa shape index (κ1) is 16.5. The Labute approximate surface area is 146 Å². The fourth-order valence-electron chi connectivity index (χ4n) is 2.55. The second-order valence-corrected chi connectivity index (χ2v) is 5.63. The van der Waals surface area contributed by atoms with Crippen LogP contribution in [0.5, 0.6) is 5.75 Å². The molecule has 3 nitrogen and oxygen atoms in total. The third kappa shape index (κ3) is 3.96. The second-order valence-electron chi connectivity index (χ2n) is 5.63. The predicted octanol–water partition coefficient (Wildman–Crippen LogP) is 5.03. The van der Waals surface area contributed by atoms with Gasteiger partial charge in [0, 0.05) is 5.56 Å². The van der Waals surface area contributed by atoms with Gasteiger partial charge in [0.2, 0.25) is 0 Å². The highest BCUT2D eigenvalue weighted by Crippen LogP contribution is 2.30. The maximum absolute atomic E-state index is 11.0. The third-order valence-electron chi connectivity index (χ3n) is 3.93. The lowest BCUT2D eigenvalue weighted by molar-refractivity contribution is 0.0697. The number of rotatable bonds is 6. The zero-order valence-corrected chi connectivity index (χ0v) is 13.7. The zero-order chi connectivity index (χ0) is 17.6. The lowest BCUT2D eigenvalue weighted by Crippen LogP contribution is -1.99. The summed E-state index contributed by atoms with van der Waals surface area (Å²) in [6.45, 7) is 4.63. The maximum Gasteiger partial charge on any atom is 0.335 e. The lowest BCUT2D eigenvalue weighted by Gasteiger charge is -2.14. The number of benzene rings is 3. The van der Waals surface area contributed by atoms with E-state index in [1.165, 1.54) is 0 Å². The third-order valence-corrected chi connectivity index (χ3v) is 3.93. The number of hydrogen-bond acceptors (Lipinski definition) is 2. The molecule has 0 unspecified atom stereocenters. The molecule has 25 heavy (non-hydrogen) atoms. The van der Waals surface area contributed by atoms with E-state index in [1.54, 1.807) is 24.3 Å². The smallest absolute Gasteiger partial charge is 0.335 e. The van der Waals surface area contributed by atoms with Crippen molar-refractivity contribution in [1.82, 2.24) is 0 Å². The number of carboxylic acids is 1. The highest BCUT2D eigenvalue weighted by molar-refractivity contribution is 5.89. The van der Waals surface area contributed by atoms with Crippen LogP contribution in [0.25, 0.3) is 5.57 Å². The van der Waals surface area contributed by atoms with Gasteiger partial charge in [-0.3, -0.25) is 0 Å². The molecule has 0 fully saturated rings. The van der Waals surface area contributed by atoms with Gasteiger partial charge in [-0.1, -0.05) is 67.2 Å². The second kappa shape index (κ2) is 7.49. The van der Waals surface area contributed by atoms with Gasteiger partial charge in [-0.05, 0) is 34.9 Å². The van der Waals surface area contributed by atoms with Crippen molar-refractivity contribution in [1.29, 1.82) is 0 Å². The molecule has 1 N–H and O–H groups in total. The number of para-hydroxylation sites is 1. The molecule has 3 rings (SSSR count). The molecular formula is C22H18O3. The Hall–Kier alpha value is -3.33. The molecule has 124 valence electrons. The summed E-state index contributed by atoms with van der Waals surface area (Å²) in [6, 6.07) is 24.4. The van der Waals surface area contributed by atoms with Gasteiger partial charge in [-0.15, -0.1) is 0 Å². The summed E-state index contributed by atoms with van der Waals surface area (Å²) < 4.78 is 5.97. The predicted molar refractivity (Wildman–Crippen MR) is 98.8 cm³/mol. The summed E-state index contributed by atoms with van der Waals surface area (Å²) in [6.07, 6.45) is 0. The topological polar surface area (TPSA) is 46.5 Å². The molecule has 0 aliphatic rings. The SMILES string of the molecule is C=C(c1ccc(C(=O)O)cc1)c1ccccc1OCc1ccccc1. The lowest BCUT2D eigenvalue weighted by atomic mass is 9.98. The first-order valence-electron chi connectivity index (χ1n) is 7.94. The van der Waals surface area contributed by atoms with E-state index in [-0.39, 0.29) is 5.56 Å². The summed E-state index contributed by atoms with van der Waals surface area (Å²) in [5.41, 5.74) is 3.89. The Morgan fingerprint density at radius 3 is 2.12 bits per heavy atom. The van der Waals surface area contributed by atoms with Crippen molar-refractivity contribution in [3.63, 3.8) is 0 Å². The van der Waals surface area contributed by atoms with Crippen LogP contribution in [0.3, 0.4) is 0 Å². The molecule has 0 radical (unpaired) electrons. The van der Waals surface area contributed by atoms with Gasteiger partial charge in [-0.2, -0.15) is 0 Å². The van der Waals surface area contributed by atoms with E-state index >= 15 is 0 Å². The van der Waals surface area contributed by atoms with Crippen LogP contribution in [0.2, 0.25) is 0 Å². The van der Waals surface area contributed by atoms with E-state index in [0.29, 0.717) is 6.61 Å². The monoisotopic (exact) mass is 330 g/mol. The Kier molecular flexibility index (Phi) is 4.95. The van der Waals surface area contributed by atoms with Crippen molar-refractivity contribution >= 4 is 11.5 Å². The average Bonchev–Trinajstić information content (AvgIpc) is 2.67. The van der Waals surface area contributed by atoms with Crippen LogP contribution < -0.4 is 4.74 Å². The van der Waals surface area contributed by atoms with E-state index in [0.717, 1.165) is 28.0 Å². The van der Waals surface area contributed by atoms with Crippen LogP contribution in [0, 0.1) is 0 Å². The standard InChI is InChI=1S/C22H18O3/c1-16(18-11-13-19(14-12-18)22(23)24)20-9-5-6-10-21(20)25-15-17-7-3-2-4-8-17/h2-14H,1,15H2,(H,23,24). The number of hydrogen-bond donors (Lipinski definition) is 1. The largest absolute Gasteiger partial charge is 0.488 e. The van der Waals surface area contributed by atoms with Crippen LogP contribution >= 0.6 is 0 Å². The van der Waals surface area contributed by atoms with Crippen molar-refractivity contribution in [2.75, 3.05) is 0 Å². The van der Waals surface area contributed by atoms with Gasteiger partial charge < -0.3 is 9.84 Å². The fourth-order valence-corrected chi connectivity index (χ4v) is 2.55. The van der Waals surface area contributed by atoms with Crippen LogP contribution in [0.1, 0.15) is 27.0 Å². The first-order valence-corrected chi connectivity index (χ1v) is 7.94. The molecular weight excluding hydrogens is 312 g/mol. The molecule has 3 aromatic rings. The van der Waals surface area contributed by atoms with Crippen LogP contribution in [-0.2, 0) is 6.61 Å². The minimum Gasteiger partial charge on any atom is -0.488 e. The minimum atomic E-state index is -0.941. The first-order chi connectivity index (χ1) is 12.1. The average molecular weight is 330 g/mol. The quantitative estimate of drug-likeness (QED) is 0.690. The summed E-state index contributed by atoms with van der Waals surface area (Å²) in [5.74, 6) is -0.192. The van der Waals surface area contributed by atoms with E-state index in [2.05, 4.69) is 6.58 Å². The van der Waals surface area contributed by atoms with Gasteiger partial charge in [0.05, 0.1) is 5.56 Å². The molecule has 0 heterocycles. The molecule has 3 heteroatoms. The van der Waals surface area contributed by atoms with E-state index in [1.807, 2.05) is 54.6 Å². The van der Waals surface area contributed by atoms with Crippen LogP contribution in [-0.4, -0.2) is 11.1 Å². The molecule has 0 bridgehead atoms. The van der Waals surface area contributed by atoms with E-state index < -0.39 is 5.97 Å². The summed E-state index contributed by atoms with van der Waals surface area (Å²) in [7, 11) is 0. The van der Waals surface area contributed by atoms with Gasteiger partial charge in [0.1, 0.15) is 12.4 Å². The maximum atomic E-state index is 11.0. The normalized spacial score (nSPS) is 10.2. The highest BCUT2D eigenvalue weighted by Gasteiger charge is 2.10. The van der Waals surface area contributed by atoms with Gasteiger partial charge in [0.15, 0.2) is 0 Å². The van der Waals surface area contributed by atoms with Crippen molar-refractivity contribution in [3.8, 4) is 5.75 Å². The molecule has 0 saturated heterocycles. The Morgan fingerprint density at radius 1 is 0.840 bits per heavy atom. The van der Waals surface area contributed by atoms with E-state index in [4.69, 9.17) is 9.84 Å². The summed E-state index contributed by atoms with van der Waals surface area (Å²) in [4.78, 5) is 11.0. The molecule has 0 aromatic heterocycles. The highest BCUT2D eigenvalue weighted by atomic mass is 16.5. The number of aromatic carboxylic acids is 1. The molecule has 0 saturated carbocycles. The van der Waals surface area contributed by atoms with Crippen molar-refractivity contribution in [2.45, 2.75) is 6.61 Å². The summed E-state index contributed by atoms with van der Waals surface area (Å²) in [5, 5.41) is 9.01. The van der Waals surface area contributed by atoms with Crippen molar-refractivity contribution in [2.24, 2.45) is 0 Å². The van der Waals surface area contributed by atoms with Crippen molar-refractivity contribution in [3.05, 3.63) is 108 Å². The molecule has 0 aliphatic carbocycles. The molecule has 0 atom stereocenters.